The Morgan fingerprint density at radius 1 is 1.11 bits per heavy atom. The molecule has 2 aromatic carbocycles. The van der Waals surface area contributed by atoms with E-state index in [-0.39, 0.29) is 17.9 Å². The van der Waals surface area contributed by atoms with Crippen molar-refractivity contribution in [2.75, 3.05) is 31.2 Å². The van der Waals surface area contributed by atoms with Gasteiger partial charge in [-0.1, -0.05) is 19.1 Å². The molecule has 0 saturated carbocycles. The lowest BCUT2D eigenvalue weighted by Gasteiger charge is -2.41. The molecule has 0 unspecified atom stereocenters. The predicted molar refractivity (Wildman–Crippen MR) is 130 cm³/mol. The van der Waals surface area contributed by atoms with E-state index in [4.69, 9.17) is 4.74 Å². The summed E-state index contributed by atoms with van der Waals surface area (Å²) in [5, 5.41) is 8.17. The Labute approximate surface area is 212 Å². The zero-order chi connectivity index (χ0) is 25.9. The average molecular weight is 512 g/mol. The van der Waals surface area contributed by atoms with Crippen LogP contribution < -0.4 is 4.90 Å². The van der Waals surface area contributed by atoms with E-state index >= 15 is 0 Å². The lowest BCUT2D eigenvalue weighted by atomic mass is 9.75. The number of anilines is 1. The molecular formula is C27H28F3N5O2. The molecule has 194 valence electrons. The van der Waals surface area contributed by atoms with Crippen molar-refractivity contribution < 1.29 is 22.7 Å². The smallest absolute Gasteiger partial charge is 0.379 e. The van der Waals surface area contributed by atoms with Crippen LogP contribution in [0.3, 0.4) is 0 Å². The number of fused-ring (bicyclic) bond motifs is 2. The van der Waals surface area contributed by atoms with E-state index in [9.17, 15) is 18.0 Å². The van der Waals surface area contributed by atoms with E-state index in [0.717, 1.165) is 29.6 Å². The summed E-state index contributed by atoms with van der Waals surface area (Å²) in [5.74, 6) is 0.550. The first-order valence-corrected chi connectivity index (χ1v) is 12.5. The van der Waals surface area contributed by atoms with E-state index in [1.807, 2.05) is 36.7 Å². The molecule has 4 heterocycles. The van der Waals surface area contributed by atoms with Crippen LogP contribution in [0.4, 0.5) is 18.9 Å². The molecule has 0 bridgehead atoms. The van der Waals surface area contributed by atoms with Gasteiger partial charge in [0.2, 0.25) is 0 Å². The quantitative estimate of drug-likeness (QED) is 0.520. The lowest BCUT2D eigenvalue weighted by Crippen LogP contribution is -2.49. The van der Waals surface area contributed by atoms with Crippen molar-refractivity contribution in [1.82, 2.24) is 19.7 Å². The molecule has 6 rings (SSSR count). The normalized spacial score (nSPS) is 19.1. The molecule has 3 aromatic rings. The van der Waals surface area contributed by atoms with Gasteiger partial charge < -0.3 is 14.2 Å². The van der Waals surface area contributed by atoms with E-state index in [0.29, 0.717) is 61.5 Å². The number of hydrogen-bond acceptors (Lipinski definition) is 5. The van der Waals surface area contributed by atoms with Gasteiger partial charge >= 0.3 is 6.18 Å². The molecule has 1 aromatic heterocycles. The number of carbonyl (C=O) groups excluding carboxylic acids is 1. The van der Waals surface area contributed by atoms with Crippen LogP contribution in [0.5, 0.6) is 0 Å². The number of hydrogen-bond donors (Lipinski definition) is 0. The Morgan fingerprint density at radius 3 is 2.57 bits per heavy atom. The summed E-state index contributed by atoms with van der Waals surface area (Å²) in [6.45, 7) is 5.07. The van der Waals surface area contributed by atoms with Gasteiger partial charge in [0.25, 0.3) is 5.91 Å². The first kappa shape index (κ1) is 24.1. The fourth-order valence-electron chi connectivity index (χ4n) is 5.75. The molecule has 0 atom stereocenters. The van der Waals surface area contributed by atoms with Crippen molar-refractivity contribution >= 4 is 11.6 Å². The van der Waals surface area contributed by atoms with Crippen molar-refractivity contribution in [3.05, 3.63) is 75.9 Å². The second-order valence-electron chi connectivity index (χ2n) is 10.3. The van der Waals surface area contributed by atoms with Crippen LogP contribution in [0.1, 0.15) is 50.9 Å². The maximum absolute atomic E-state index is 14.1. The first-order chi connectivity index (χ1) is 17.7. The van der Waals surface area contributed by atoms with E-state index in [2.05, 4.69) is 15.1 Å². The Bertz CT molecular complexity index is 1380. The summed E-state index contributed by atoms with van der Waals surface area (Å²) < 4.78 is 49.6. The SMILES string of the molecule is CCN1CCc2c(cc(N3Cc4ccc(C5(Cc6nncn6C)COC5)cc4C3=O)cc2C(F)(F)F)C1. The minimum Gasteiger partial charge on any atom is -0.379 e. The summed E-state index contributed by atoms with van der Waals surface area (Å²) in [7, 11) is 1.89. The highest BCUT2D eigenvalue weighted by Gasteiger charge is 2.43. The van der Waals surface area contributed by atoms with Crippen molar-refractivity contribution in [1.29, 1.82) is 0 Å². The van der Waals surface area contributed by atoms with Gasteiger partial charge in [0.05, 0.1) is 25.3 Å². The van der Waals surface area contributed by atoms with Gasteiger partial charge in [-0.15, -0.1) is 10.2 Å². The molecule has 3 aliphatic rings. The van der Waals surface area contributed by atoms with Crippen molar-refractivity contribution in [2.45, 2.75) is 44.4 Å². The van der Waals surface area contributed by atoms with Crippen LogP contribution in [-0.2, 0) is 49.3 Å². The number of carbonyl (C=O) groups is 1. The van der Waals surface area contributed by atoms with Crippen LogP contribution in [0, 0.1) is 0 Å². The Kier molecular flexibility index (Phi) is 5.65. The topological polar surface area (TPSA) is 63.5 Å². The zero-order valence-corrected chi connectivity index (χ0v) is 20.8. The Balaban J connectivity index is 1.34. The third kappa shape index (κ3) is 4.02. The fraction of sp³-hybridized carbons (Fsp3) is 0.444. The van der Waals surface area contributed by atoms with Crippen molar-refractivity contribution in [3.8, 4) is 0 Å². The molecule has 0 aliphatic carbocycles. The number of rotatable bonds is 5. The number of amides is 1. The predicted octanol–water partition coefficient (Wildman–Crippen LogP) is 3.88. The highest BCUT2D eigenvalue weighted by molar-refractivity contribution is 6.10. The fourth-order valence-corrected chi connectivity index (χ4v) is 5.75. The van der Waals surface area contributed by atoms with Gasteiger partial charge in [-0.05, 0) is 53.4 Å². The standard InChI is InChI=1S/C27H28F3N5O2/c1-3-34-7-6-21-18(12-34)8-20(10-23(21)27(28,29)30)35-13-17-4-5-19(9-22(17)25(35)36)26(14-37-15-26)11-24-32-31-16-33(24)2/h4-5,8-10,16H,3,6-7,11-15H2,1-2H3. The molecule has 1 fully saturated rings. The van der Waals surface area contributed by atoms with Crippen LogP contribution >= 0.6 is 0 Å². The zero-order valence-electron chi connectivity index (χ0n) is 20.8. The number of likely N-dealkylation sites (N-methyl/N-ethyl adjacent to an activating group) is 1. The number of alkyl halides is 3. The second-order valence-corrected chi connectivity index (χ2v) is 10.3. The highest BCUT2D eigenvalue weighted by Crippen LogP contribution is 2.42. The molecule has 0 radical (unpaired) electrons. The maximum atomic E-state index is 14.1. The van der Waals surface area contributed by atoms with Crippen LogP contribution in [0.25, 0.3) is 0 Å². The Morgan fingerprint density at radius 2 is 1.92 bits per heavy atom. The van der Waals surface area contributed by atoms with E-state index < -0.39 is 11.7 Å². The number of halogens is 3. The highest BCUT2D eigenvalue weighted by atomic mass is 19.4. The van der Waals surface area contributed by atoms with E-state index in [1.54, 1.807) is 12.4 Å². The van der Waals surface area contributed by atoms with Crippen LogP contribution in [0.2, 0.25) is 0 Å². The van der Waals surface area contributed by atoms with Gasteiger partial charge in [-0.2, -0.15) is 13.2 Å². The largest absolute Gasteiger partial charge is 0.416 e. The number of aryl methyl sites for hydroxylation is 1. The summed E-state index contributed by atoms with van der Waals surface area (Å²) in [6, 6.07) is 8.73. The average Bonchev–Trinajstić information content (AvgIpc) is 3.41. The summed E-state index contributed by atoms with van der Waals surface area (Å²) in [4.78, 5) is 17.2. The van der Waals surface area contributed by atoms with Crippen LogP contribution in [-0.4, -0.2) is 51.9 Å². The molecular weight excluding hydrogens is 483 g/mol. The van der Waals surface area contributed by atoms with Gasteiger partial charge in [0, 0.05) is 43.2 Å². The van der Waals surface area contributed by atoms with Crippen molar-refractivity contribution in [2.24, 2.45) is 7.05 Å². The maximum Gasteiger partial charge on any atom is 0.416 e. The van der Waals surface area contributed by atoms with Crippen molar-refractivity contribution in [3.63, 3.8) is 0 Å². The Hall–Kier alpha value is -3.24. The lowest BCUT2D eigenvalue weighted by molar-refractivity contribution is -0.138. The summed E-state index contributed by atoms with van der Waals surface area (Å²) >= 11 is 0. The molecule has 1 saturated heterocycles. The molecule has 7 nitrogen and oxygen atoms in total. The number of ether oxygens (including phenoxy) is 1. The molecule has 0 spiro atoms. The first-order valence-electron chi connectivity index (χ1n) is 12.5. The minimum absolute atomic E-state index is 0.245. The second kappa shape index (κ2) is 8.66. The number of aromatic nitrogens is 3. The minimum atomic E-state index is -4.48. The van der Waals surface area contributed by atoms with Gasteiger partial charge in [0.15, 0.2) is 0 Å². The third-order valence-electron chi connectivity index (χ3n) is 8.05. The van der Waals surface area contributed by atoms with E-state index in [1.165, 1.54) is 4.90 Å². The number of benzene rings is 2. The van der Waals surface area contributed by atoms with Crippen LogP contribution in [0.15, 0.2) is 36.7 Å². The molecule has 3 aliphatic heterocycles. The monoisotopic (exact) mass is 511 g/mol. The molecule has 1 amide bonds. The number of nitrogens with zero attached hydrogens (tertiary/aromatic N) is 5. The molecule has 0 N–H and O–H groups in total. The molecule has 37 heavy (non-hydrogen) atoms. The van der Waals surface area contributed by atoms with Gasteiger partial charge in [-0.25, -0.2) is 0 Å². The van der Waals surface area contributed by atoms with Gasteiger partial charge in [0.1, 0.15) is 12.2 Å². The summed E-state index contributed by atoms with van der Waals surface area (Å²) in [5.41, 5.74) is 2.66. The molecule has 10 heteroatoms. The third-order valence-corrected chi connectivity index (χ3v) is 8.05. The summed E-state index contributed by atoms with van der Waals surface area (Å²) in [6.07, 6.45) is -1.85. The van der Waals surface area contributed by atoms with Gasteiger partial charge in [-0.3, -0.25) is 9.69 Å².